The lowest BCUT2D eigenvalue weighted by Crippen LogP contribution is -2.48. The molecule has 4 rings (SSSR count). The number of nitrogens with one attached hydrogen (secondary N) is 2. The molecule has 0 aliphatic carbocycles. The maximum absolute atomic E-state index is 12.7. The highest BCUT2D eigenvalue weighted by Crippen LogP contribution is 2.46. The van der Waals surface area contributed by atoms with Crippen LogP contribution < -0.4 is 20.8 Å². The number of carbonyl (C=O) groups is 1. The van der Waals surface area contributed by atoms with Crippen LogP contribution in [0.1, 0.15) is 23.7 Å². The van der Waals surface area contributed by atoms with Gasteiger partial charge >= 0.3 is 0 Å². The van der Waals surface area contributed by atoms with Gasteiger partial charge in [-0.1, -0.05) is 47.9 Å². The molecule has 2 aliphatic rings. The Labute approximate surface area is 146 Å². The van der Waals surface area contributed by atoms with E-state index in [1.165, 1.54) is 0 Å². The molecule has 1 spiro atoms. The fourth-order valence-corrected chi connectivity index (χ4v) is 3.48. The SMILES string of the molecule is [B]c1ccc2c(c1)C1(CC(c3ccc(Cl)cc3)O2)NC(=C)NC1=O. The molecule has 2 radical (unpaired) electrons. The summed E-state index contributed by atoms with van der Waals surface area (Å²) in [4.78, 5) is 12.7. The quantitative estimate of drug-likeness (QED) is 0.784. The summed E-state index contributed by atoms with van der Waals surface area (Å²) >= 11 is 5.97. The molecular formula is C18H14BClN2O2. The molecule has 1 amide bonds. The first-order chi connectivity index (χ1) is 11.5. The Kier molecular flexibility index (Phi) is 3.35. The Balaban J connectivity index is 1.84. The zero-order chi connectivity index (χ0) is 16.9. The van der Waals surface area contributed by atoms with Crippen molar-refractivity contribution in [3.8, 4) is 5.75 Å². The van der Waals surface area contributed by atoms with Crippen LogP contribution in [0.15, 0.2) is 54.9 Å². The Bertz CT molecular complexity index is 853. The van der Waals surface area contributed by atoms with Gasteiger partial charge in [0.25, 0.3) is 5.91 Å². The van der Waals surface area contributed by atoms with Crippen LogP contribution >= 0.6 is 11.6 Å². The molecule has 2 aromatic rings. The highest BCUT2D eigenvalue weighted by Gasteiger charge is 2.51. The average Bonchev–Trinajstić information content (AvgIpc) is 2.83. The lowest BCUT2D eigenvalue weighted by atomic mass is 9.78. The number of halogens is 1. The van der Waals surface area contributed by atoms with Gasteiger partial charge in [0.1, 0.15) is 19.7 Å². The predicted octanol–water partition coefficient (Wildman–Crippen LogP) is 2.04. The number of fused-ring (bicyclic) bond motifs is 2. The first kappa shape index (κ1) is 15.2. The van der Waals surface area contributed by atoms with Crippen LogP contribution in [0.5, 0.6) is 5.75 Å². The van der Waals surface area contributed by atoms with Crippen molar-refractivity contribution in [3.63, 3.8) is 0 Å². The van der Waals surface area contributed by atoms with Crippen molar-refractivity contribution in [2.75, 3.05) is 0 Å². The van der Waals surface area contributed by atoms with Crippen LogP contribution in [-0.2, 0) is 10.3 Å². The molecule has 0 aromatic heterocycles. The summed E-state index contributed by atoms with van der Waals surface area (Å²) in [6, 6.07) is 12.8. The standard InChI is InChI=1S/C18H14BClN2O2/c1-10-21-17(23)18(22-10)9-16(11-2-5-13(20)6-3-11)24-15-7-4-12(19)8-14(15)18/h2-8,16,22H,1,9H2,(H,21,23). The second kappa shape index (κ2) is 5.31. The third kappa shape index (κ3) is 2.28. The lowest BCUT2D eigenvalue weighted by molar-refractivity contribution is -0.126. The van der Waals surface area contributed by atoms with Crippen molar-refractivity contribution < 1.29 is 9.53 Å². The van der Waals surface area contributed by atoms with Gasteiger partial charge in [0, 0.05) is 17.0 Å². The zero-order valence-electron chi connectivity index (χ0n) is 12.8. The van der Waals surface area contributed by atoms with Gasteiger partial charge in [0.05, 0.1) is 5.82 Å². The molecule has 2 aliphatic heterocycles. The van der Waals surface area contributed by atoms with Crippen molar-refractivity contribution in [3.05, 3.63) is 71.0 Å². The topological polar surface area (TPSA) is 50.4 Å². The number of hydrogen-bond acceptors (Lipinski definition) is 3. The van der Waals surface area contributed by atoms with E-state index in [9.17, 15) is 4.79 Å². The molecule has 2 unspecified atom stereocenters. The van der Waals surface area contributed by atoms with E-state index in [-0.39, 0.29) is 12.0 Å². The molecule has 4 nitrogen and oxygen atoms in total. The monoisotopic (exact) mass is 336 g/mol. The highest BCUT2D eigenvalue weighted by molar-refractivity contribution is 6.32. The van der Waals surface area contributed by atoms with Crippen molar-refractivity contribution in [1.82, 2.24) is 10.6 Å². The average molecular weight is 337 g/mol. The minimum absolute atomic E-state index is 0.151. The van der Waals surface area contributed by atoms with E-state index in [4.69, 9.17) is 24.2 Å². The smallest absolute Gasteiger partial charge is 0.256 e. The molecule has 1 fully saturated rings. The van der Waals surface area contributed by atoms with Crippen LogP contribution in [0.25, 0.3) is 0 Å². The lowest BCUT2D eigenvalue weighted by Gasteiger charge is -2.38. The van der Waals surface area contributed by atoms with Gasteiger partial charge in [0.2, 0.25) is 0 Å². The van der Waals surface area contributed by atoms with Gasteiger partial charge in [-0.3, -0.25) is 4.79 Å². The highest BCUT2D eigenvalue weighted by atomic mass is 35.5. The summed E-state index contributed by atoms with van der Waals surface area (Å²) in [6.07, 6.45) is 0.137. The van der Waals surface area contributed by atoms with E-state index < -0.39 is 5.54 Å². The maximum Gasteiger partial charge on any atom is 0.256 e. The van der Waals surface area contributed by atoms with Crippen LogP contribution in [0, 0.1) is 0 Å². The van der Waals surface area contributed by atoms with E-state index in [0.717, 1.165) is 11.1 Å². The number of benzene rings is 2. The van der Waals surface area contributed by atoms with Crippen molar-refractivity contribution in [2.45, 2.75) is 18.1 Å². The fraction of sp³-hybridized carbons (Fsp3) is 0.167. The number of hydrogen-bond donors (Lipinski definition) is 2. The molecular weight excluding hydrogens is 322 g/mol. The molecule has 0 bridgehead atoms. The van der Waals surface area contributed by atoms with Crippen molar-refractivity contribution in [2.24, 2.45) is 0 Å². The van der Waals surface area contributed by atoms with E-state index in [2.05, 4.69) is 17.2 Å². The second-order valence-corrected chi connectivity index (χ2v) is 6.52. The van der Waals surface area contributed by atoms with Crippen LogP contribution in [0.3, 0.4) is 0 Å². The van der Waals surface area contributed by atoms with Gasteiger partial charge in [-0.05, 0) is 23.8 Å². The van der Waals surface area contributed by atoms with E-state index in [1.54, 1.807) is 18.2 Å². The Morgan fingerprint density at radius 3 is 2.67 bits per heavy atom. The van der Waals surface area contributed by atoms with Gasteiger partial charge in [-0.15, -0.1) is 0 Å². The Morgan fingerprint density at radius 2 is 2.00 bits per heavy atom. The first-order valence-electron chi connectivity index (χ1n) is 7.59. The van der Waals surface area contributed by atoms with Crippen LogP contribution in [0.4, 0.5) is 0 Å². The minimum atomic E-state index is -0.940. The van der Waals surface area contributed by atoms with Crippen molar-refractivity contribution >= 4 is 30.8 Å². The summed E-state index contributed by atoms with van der Waals surface area (Å²) in [5.74, 6) is 0.958. The largest absolute Gasteiger partial charge is 0.485 e. The molecule has 2 aromatic carbocycles. The van der Waals surface area contributed by atoms with Gasteiger partial charge < -0.3 is 15.4 Å². The Hall–Kier alpha value is -2.40. The van der Waals surface area contributed by atoms with Crippen LogP contribution in [-0.4, -0.2) is 13.8 Å². The summed E-state index contributed by atoms with van der Waals surface area (Å²) < 4.78 is 6.13. The molecule has 118 valence electrons. The maximum atomic E-state index is 12.7. The van der Waals surface area contributed by atoms with Gasteiger partial charge in [-0.2, -0.15) is 0 Å². The molecule has 1 saturated heterocycles. The van der Waals surface area contributed by atoms with E-state index in [0.29, 0.717) is 28.5 Å². The first-order valence-corrected chi connectivity index (χ1v) is 7.96. The molecule has 2 heterocycles. The van der Waals surface area contributed by atoms with Gasteiger partial charge in [0.15, 0.2) is 5.54 Å². The van der Waals surface area contributed by atoms with Crippen LogP contribution in [0.2, 0.25) is 5.02 Å². The normalized spacial score (nSPS) is 25.0. The second-order valence-electron chi connectivity index (χ2n) is 6.08. The third-order valence-electron chi connectivity index (χ3n) is 4.48. The fourth-order valence-electron chi connectivity index (χ4n) is 3.35. The zero-order valence-corrected chi connectivity index (χ0v) is 13.6. The number of ether oxygens (including phenoxy) is 1. The molecule has 6 heteroatoms. The van der Waals surface area contributed by atoms with Crippen molar-refractivity contribution in [1.29, 1.82) is 0 Å². The van der Waals surface area contributed by atoms with E-state index >= 15 is 0 Å². The van der Waals surface area contributed by atoms with E-state index in [1.807, 2.05) is 24.3 Å². The molecule has 24 heavy (non-hydrogen) atoms. The molecule has 0 saturated carbocycles. The molecule has 2 N–H and O–H groups in total. The summed E-state index contributed by atoms with van der Waals surface area (Å²) in [6.45, 7) is 3.83. The third-order valence-corrected chi connectivity index (χ3v) is 4.73. The predicted molar refractivity (Wildman–Crippen MR) is 93.4 cm³/mol. The Morgan fingerprint density at radius 1 is 1.25 bits per heavy atom. The minimum Gasteiger partial charge on any atom is -0.485 e. The number of rotatable bonds is 1. The number of amides is 1. The summed E-state index contributed by atoms with van der Waals surface area (Å²) in [5.41, 5.74) is 1.32. The van der Waals surface area contributed by atoms with Gasteiger partial charge in [-0.25, -0.2) is 0 Å². The number of carbonyl (C=O) groups excluding carboxylic acids is 1. The molecule has 2 atom stereocenters. The summed E-state index contributed by atoms with van der Waals surface area (Å²) in [5, 5.41) is 6.61. The summed E-state index contributed by atoms with van der Waals surface area (Å²) in [7, 11) is 5.92.